The molecule has 0 radical (unpaired) electrons. The third-order valence-corrected chi connectivity index (χ3v) is 2.53. The Morgan fingerprint density at radius 1 is 1.40 bits per heavy atom. The van der Waals surface area contributed by atoms with E-state index < -0.39 is 0 Å². The highest BCUT2D eigenvalue weighted by molar-refractivity contribution is 5.60. The summed E-state index contributed by atoms with van der Waals surface area (Å²) in [5.74, 6) is 0. The summed E-state index contributed by atoms with van der Waals surface area (Å²) in [6.45, 7) is 6.25. The molecule has 15 heavy (non-hydrogen) atoms. The van der Waals surface area contributed by atoms with Crippen molar-refractivity contribution >= 4 is 6.08 Å². The van der Waals surface area contributed by atoms with Crippen LogP contribution >= 0.6 is 0 Å². The van der Waals surface area contributed by atoms with Gasteiger partial charge in [0.05, 0.1) is 6.07 Å². The number of rotatable bonds is 3. The van der Waals surface area contributed by atoms with E-state index in [4.69, 9.17) is 5.26 Å². The van der Waals surface area contributed by atoms with Crippen LogP contribution in [0.15, 0.2) is 23.8 Å². The van der Waals surface area contributed by atoms with Gasteiger partial charge in [-0.15, -0.1) is 0 Å². The van der Waals surface area contributed by atoms with Crippen LogP contribution in [0.25, 0.3) is 6.08 Å². The molecule has 0 saturated heterocycles. The van der Waals surface area contributed by atoms with Crippen molar-refractivity contribution in [3.8, 4) is 6.07 Å². The summed E-state index contributed by atoms with van der Waals surface area (Å²) in [5.41, 5.74) is 4.62. The molecule has 78 valence electrons. The predicted octanol–water partition coefficient (Wildman–Crippen LogP) is 3.87. The second-order valence-corrected chi connectivity index (χ2v) is 3.69. The van der Waals surface area contributed by atoms with Crippen LogP contribution in [-0.2, 0) is 6.42 Å². The maximum Gasteiger partial charge on any atom is 0.0947 e. The van der Waals surface area contributed by atoms with Gasteiger partial charge < -0.3 is 0 Å². The lowest BCUT2D eigenvalue weighted by Crippen LogP contribution is -1.88. The van der Waals surface area contributed by atoms with Crippen LogP contribution < -0.4 is 0 Å². The van der Waals surface area contributed by atoms with E-state index in [9.17, 15) is 0 Å². The van der Waals surface area contributed by atoms with Crippen LogP contribution in [0.1, 0.15) is 37.0 Å². The number of nitriles is 1. The molecule has 0 spiro atoms. The van der Waals surface area contributed by atoms with Crippen molar-refractivity contribution in [2.24, 2.45) is 0 Å². The fraction of sp³-hybridized carbons (Fsp3) is 0.357. The largest absolute Gasteiger partial charge is 0.193 e. The van der Waals surface area contributed by atoms with Gasteiger partial charge in [-0.2, -0.15) is 5.26 Å². The number of benzene rings is 1. The Morgan fingerprint density at radius 3 is 2.67 bits per heavy atom. The Morgan fingerprint density at radius 2 is 2.13 bits per heavy atom. The Kier molecular flexibility index (Phi) is 4.12. The van der Waals surface area contributed by atoms with Gasteiger partial charge in [-0.1, -0.05) is 37.6 Å². The summed E-state index contributed by atoms with van der Waals surface area (Å²) in [6.07, 6.45) is 3.81. The van der Waals surface area contributed by atoms with Gasteiger partial charge in [-0.05, 0) is 37.0 Å². The summed E-state index contributed by atoms with van der Waals surface area (Å²) in [4.78, 5) is 0. The van der Waals surface area contributed by atoms with Crippen molar-refractivity contribution in [2.45, 2.75) is 33.6 Å². The van der Waals surface area contributed by atoms with E-state index in [0.29, 0.717) is 0 Å². The molecule has 0 N–H and O–H groups in total. The number of allylic oxidation sites excluding steroid dienone is 1. The first-order valence-electron chi connectivity index (χ1n) is 5.41. The average Bonchev–Trinajstić information content (AvgIpc) is 2.27. The van der Waals surface area contributed by atoms with E-state index in [1.54, 1.807) is 0 Å². The third-order valence-electron chi connectivity index (χ3n) is 2.53. The highest BCUT2D eigenvalue weighted by Gasteiger charge is 2.00. The van der Waals surface area contributed by atoms with Gasteiger partial charge in [-0.3, -0.25) is 0 Å². The maximum atomic E-state index is 8.89. The summed E-state index contributed by atoms with van der Waals surface area (Å²) in [5, 5.41) is 8.89. The molecule has 1 aromatic rings. The fourth-order valence-corrected chi connectivity index (χ4v) is 1.58. The average molecular weight is 199 g/mol. The maximum absolute atomic E-state index is 8.89. The monoisotopic (exact) mass is 199 g/mol. The summed E-state index contributed by atoms with van der Waals surface area (Å²) < 4.78 is 0. The van der Waals surface area contributed by atoms with Gasteiger partial charge in [0.15, 0.2) is 0 Å². The van der Waals surface area contributed by atoms with Crippen LogP contribution in [0.4, 0.5) is 0 Å². The lowest BCUT2D eigenvalue weighted by molar-refractivity contribution is 1.12. The zero-order valence-corrected chi connectivity index (χ0v) is 9.67. The van der Waals surface area contributed by atoms with Gasteiger partial charge in [0.2, 0.25) is 0 Å². The first kappa shape index (κ1) is 11.5. The van der Waals surface area contributed by atoms with Crippen molar-refractivity contribution in [1.82, 2.24) is 0 Å². The number of aryl methyl sites for hydroxylation is 2. The predicted molar refractivity (Wildman–Crippen MR) is 64.4 cm³/mol. The first-order chi connectivity index (χ1) is 7.21. The molecule has 0 amide bonds. The highest BCUT2D eigenvalue weighted by atomic mass is 14.2. The number of hydrogen-bond donors (Lipinski definition) is 0. The first-order valence-corrected chi connectivity index (χ1v) is 5.41. The van der Waals surface area contributed by atoms with Crippen molar-refractivity contribution in [3.05, 3.63) is 40.5 Å². The molecule has 0 fully saturated rings. The van der Waals surface area contributed by atoms with E-state index in [0.717, 1.165) is 18.4 Å². The highest BCUT2D eigenvalue weighted by Crippen LogP contribution is 2.16. The van der Waals surface area contributed by atoms with Crippen LogP contribution in [-0.4, -0.2) is 0 Å². The van der Waals surface area contributed by atoms with Gasteiger partial charge in [0.25, 0.3) is 0 Å². The van der Waals surface area contributed by atoms with Crippen LogP contribution in [0, 0.1) is 18.3 Å². The van der Waals surface area contributed by atoms with E-state index in [2.05, 4.69) is 38.1 Å². The molecule has 0 aliphatic heterocycles. The molecule has 1 heteroatoms. The van der Waals surface area contributed by atoms with Gasteiger partial charge in [0, 0.05) is 5.57 Å². The van der Waals surface area contributed by atoms with Crippen molar-refractivity contribution in [2.75, 3.05) is 0 Å². The van der Waals surface area contributed by atoms with E-state index in [-0.39, 0.29) is 0 Å². The van der Waals surface area contributed by atoms with E-state index >= 15 is 0 Å². The normalized spacial score (nSPS) is 11.2. The zero-order valence-electron chi connectivity index (χ0n) is 9.67. The molecule has 0 aromatic heterocycles. The molecule has 1 nitrogen and oxygen atoms in total. The molecule has 0 atom stereocenters. The van der Waals surface area contributed by atoms with Crippen LogP contribution in [0.2, 0.25) is 0 Å². The van der Waals surface area contributed by atoms with Gasteiger partial charge in [0.1, 0.15) is 0 Å². The standard InChI is InChI=1S/C14H17N/c1-4-12(10-15)9-14-7-6-11(3)8-13(14)5-2/h6-9H,4-5H2,1-3H3. The van der Waals surface area contributed by atoms with Gasteiger partial charge >= 0.3 is 0 Å². The van der Waals surface area contributed by atoms with Crippen molar-refractivity contribution in [3.63, 3.8) is 0 Å². The molecular formula is C14H17N. The third kappa shape index (κ3) is 2.95. The Hall–Kier alpha value is -1.55. The van der Waals surface area contributed by atoms with Crippen LogP contribution in [0.5, 0.6) is 0 Å². The minimum Gasteiger partial charge on any atom is -0.193 e. The molecule has 0 heterocycles. The smallest absolute Gasteiger partial charge is 0.0947 e. The quantitative estimate of drug-likeness (QED) is 0.678. The Labute approximate surface area is 92.1 Å². The van der Waals surface area contributed by atoms with Gasteiger partial charge in [-0.25, -0.2) is 0 Å². The minimum absolute atomic E-state index is 0.799. The molecule has 1 aromatic carbocycles. The van der Waals surface area contributed by atoms with Crippen LogP contribution in [0.3, 0.4) is 0 Å². The number of hydrogen-bond acceptors (Lipinski definition) is 1. The molecule has 0 saturated carbocycles. The lowest BCUT2D eigenvalue weighted by Gasteiger charge is -2.05. The molecular weight excluding hydrogens is 182 g/mol. The topological polar surface area (TPSA) is 23.8 Å². The molecule has 0 aliphatic carbocycles. The Balaban J connectivity index is 3.15. The van der Waals surface area contributed by atoms with Crippen molar-refractivity contribution in [1.29, 1.82) is 5.26 Å². The lowest BCUT2D eigenvalue weighted by atomic mass is 10.00. The summed E-state index contributed by atoms with van der Waals surface area (Å²) in [7, 11) is 0. The molecule has 1 rings (SSSR count). The Bertz CT molecular complexity index is 408. The summed E-state index contributed by atoms with van der Waals surface area (Å²) >= 11 is 0. The second kappa shape index (κ2) is 5.36. The van der Waals surface area contributed by atoms with Crippen molar-refractivity contribution < 1.29 is 0 Å². The SMILES string of the molecule is CCC(C#N)=Cc1ccc(C)cc1CC. The van der Waals surface area contributed by atoms with E-state index in [1.165, 1.54) is 16.7 Å². The summed E-state index contributed by atoms with van der Waals surface area (Å²) in [6, 6.07) is 8.61. The molecule has 0 aliphatic rings. The molecule has 0 bridgehead atoms. The number of nitrogens with zero attached hydrogens (tertiary/aromatic N) is 1. The second-order valence-electron chi connectivity index (χ2n) is 3.69. The minimum atomic E-state index is 0.799. The zero-order chi connectivity index (χ0) is 11.3. The molecule has 0 unspecified atom stereocenters. The van der Waals surface area contributed by atoms with E-state index in [1.807, 2.05) is 13.0 Å². The fourth-order valence-electron chi connectivity index (χ4n) is 1.58.